The summed E-state index contributed by atoms with van der Waals surface area (Å²) in [7, 11) is -5.06. The third kappa shape index (κ3) is 6.29. The molecule has 1 unspecified atom stereocenters. The standard InChI is InChI=1S/C29H37N3O4S3/c1-3-4-17-36-23-5-8-25(9-6-23)39(34,35)28-21-30-27-10-7-24(38(2)33)20-26(27)29(28)32-13-11-22(12-14-32)31-15-18-37-19-16-31/h5-10,20-22H,3-4,11-19H2,1-2H3. The van der Waals surface area contributed by atoms with Crippen molar-refractivity contribution in [2.75, 3.05) is 55.4 Å². The molecule has 0 spiro atoms. The monoisotopic (exact) mass is 587 g/mol. The molecule has 0 aliphatic carbocycles. The predicted molar refractivity (Wildman–Crippen MR) is 161 cm³/mol. The molecule has 0 bridgehead atoms. The highest BCUT2D eigenvalue weighted by Gasteiger charge is 2.31. The summed E-state index contributed by atoms with van der Waals surface area (Å²) in [6.45, 7) is 6.48. The van der Waals surface area contributed by atoms with Crippen molar-refractivity contribution >= 4 is 49.0 Å². The van der Waals surface area contributed by atoms with Crippen LogP contribution in [0.5, 0.6) is 5.75 Å². The minimum Gasteiger partial charge on any atom is -0.494 e. The Balaban J connectivity index is 1.51. The fourth-order valence-electron chi connectivity index (χ4n) is 5.41. The number of hydrogen-bond donors (Lipinski definition) is 0. The lowest BCUT2D eigenvalue weighted by molar-refractivity contribution is 0.185. The van der Waals surface area contributed by atoms with Gasteiger partial charge in [0.25, 0.3) is 0 Å². The molecule has 2 aliphatic heterocycles. The van der Waals surface area contributed by atoms with Gasteiger partial charge in [-0.2, -0.15) is 11.8 Å². The van der Waals surface area contributed by atoms with Crippen molar-refractivity contribution in [1.82, 2.24) is 9.88 Å². The Labute approximate surface area is 238 Å². The summed E-state index contributed by atoms with van der Waals surface area (Å²) in [5.74, 6) is 3.01. The molecule has 0 amide bonds. The molecular formula is C29H37N3O4S3. The van der Waals surface area contributed by atoms with Crippen molar-refractivity contribution in [3.8, 4) is 5.75 Å². The van der Waals surface area contributed by atoms with Crippen molar-refractivity contribution in [2.45, 2.75) is 53.3 Å². The number of unbranched alkanes of at least 4 members (excludes halogenated alkanes) is 1. The highest BCUT2D eigenvalue weighted by atomic mass is 32.2. The van der Waals surface area contributed by atoms with Gasteiger partial charge >= 0.3 is 0 Å². The number of thioether (sulfide) groups is 1. The number of ether oxygens (including phenoxy) is 1. The molecule has 2 aromatic carbocycles. The predicted octanol–water partition coefficient (Wildman–Crippen LogP) is 5.00. The van der Waals surface area contributed by atoms with Gasteiger partial charge in [-0.3, -0.25) is 14.1 Å². The van der Waals surface area contributed by atoms with Crippen LogP contribution in [0.25, 0.3) is 10.9 Å². The topological polar surface area (TPSA) is 79.8 Å². The maximum Gasteiger partial charge on any atom is 0.210 e. The molecule has 2 saturated heterocycles. The van der Waals surface area contributed by atoms with E-state index in [4.69, 9.17) is 4.74 Å². The first-order chi connectivity index (χ1) is 18.9. The van der Waals surface area contributed by atoms with Crippen LogP contribution in [-0.2, 0) is 20.6 Å². The van der Waals surface area contributed by atoms with Crippen molar-refractivity contribution in [2.24, 2.45) is 0 Å². The molecule has 0 saturated carbocycles. The number of sulfone groups is 1. The van der Waals surface area contributed by atoms with Crippen LogP contribution < -0.4 is 9.64 Å². The SMILES string of the molecule is CCCCOc1ccc(S(=O)(=O)c2cnc3ccc(S(C)=O)cc3c2N2CCC(N3CCSCC3)CC2)cc1. The minimum absolute atomic E-state index is 0.196. The van der Waals surface area contributed by atoms with Gasteiger partial charge in [0.05, 0.1) is 22.7 Å². The second-order valence-corrected chi connectivity index (χ2v) is 14.7. The molecule has 5 rings (SSSR count). The summed E-state index contributed by atoms with van der Waals surface area (Å²) in [5.41, 5.74) is 1.37. The van der Waals surface area contributed by atoms with Crippen LogP contribution in [0.1, 0.15) is 32.6 Å². The molecule has 39 heavy (non-hydrogen) atoms. The fourth-order valence-corrected chi connectivity index (χ4v) is 8.32. The zero-order valence-electron chi connectivity index (χ0n) is 22.7. The second-order valence-electron chi connectivity index (χ2n) is 10.1. The molecule has 10 heteroatoms. The molecule has 3 heterocycles. The van der Waals surface area contributed by atoms with E-state index in [2.05, 4.69) is 21.7 Å². The summed E-state index contributed by atoms with van der Waals surface area (Å²) in [6.07, 6.45) is 7.08. The first-order valence-corrected chi connectivity index (χ1v) is 17.9. The Hall–Kier alpha value is -2.14. The third-order valence-corrected chi connectivity index (χ3v) is 11.3. The number of hydrogen-bond acceptors (Lipinski definition) is 8. The Bertz CT molecular complexity index is 1420. The van der Waals surface area contributed by atoms with Gasteiger partial charge < -0.3 is 9.64 Å². The van der Waals surface area contributed by atoms with Crippen LogP contribution >= 0.6 is 11.8 Å². The lowest BCUT2D eigenvalue weighted by atomic mass is 10.0. The van der Waals surface area contributed by atoms with Crippen molar-refractivity contribution < 1.29 is 17.4 Å². The summed E-state index contributed by atoms with van der Waals surface area (Å²) in [4.78, 5) is 10.4. The van der Waals surface area contributed by atoms with Crippen LogP contribution in [0.4, 0.5) is 5.69 Å². The van der Waals surface area contributed by atoms with Gasteiger partial charge in [-0.15, -0.1) is 0 Å². The quantitative estimate of drug-likeness (QED) is 0.324. The first kappa shape index (κ1) is 28.4. The molecule has 3 aromatic rings. The van der Waals surface area contributed by atoms with Crippen LogP contribution in [0, 0.1) is 0 Å². The Morgan fingerprint density at radius 1 is 1.05 bits per heavy atom. The summed E-state index contributed by atoms with van der Waals surface area (Å²) in [6, 6.07) is 12.7. The molecular weight excluding hydrogens is 551 g/mol. The average Bonchev–Trinajstić information content (AvgIpc) is 2.97. The molecule has 0 N–H and O–H groups in total. The summed E-state index contributed by atoms with van der Waals surface area (Å²) in [5, 5.41) is 0.733. The number of benzene rings is 2. The van der Waals surface area contributed by atoms with Gasteiger partial charge in [-0.25, -0.2) is 8.42 Å². The zero-order chi connectivity index (χ0) is 27.4. The number of anilines is 1. The van der Waals surface area contributed by atoms with Crippen molar-refractivity contribution in [3.05, 3.63) is 48.7 Å². The van der Waals surface area contributed by atoms with Gasteiger partial charge in [0.15, 0.2) is 0 Å². The Kier molecular flexibility index (Phi) is 9.16. The fraction of sp³-hybridized carbons (Fsp3) is 0.483. The van der Waals surface area contributed by atoms with Gasteiger partial charge in [0.2, 0.25) is 9.84 Å². The number of piperidine rings is 1. The summed E-state index contributed by atoms with van der Waals surface area (Å²) < 4.78 is 46.2. The van der Waals surface area contributed by atoms with Gasteiger partial charge in [0, 0.05) is 77.3 Å². The van der Waals surface area contributed by atoms with Crippen LogP contribution in [-0.4, -0.2) is 79.1 Å². The number of aromatic nitrogens is 1. The molecule has 0 radical (unpaired) electrons. The Morgan fingerprint density at radius 2 is 1.77 bits per heavy atom. The van der Waals surface area contributed by atoms with Gasteiger partial charge in [-0.1, -0.05) is 13.3 Å². The van der Waals surface area contributed by atoms with E-state index in [1.807, 2.05) is 23.9 Å². The largest absolute Gasteiger partial charge is 0.494 e. The van der Waals surface area contributed by atoms with E-state index in [1.54, 1.807) is 36.6 Å². The van der Waals surface area contributed by atoms with Gasteiger partial charge in [0.1, 0.15) is 10.6 Å². The third-order valence-electron chi connectivity index (χ3n) is 7.64. The number of nitrogens with zero attached hydrogens (tertiary/aromatic N) is 3. The Morgan fingerprint density at radius 3 is 2.44 bits per heavy atom. The first-order valence-electron chi connectivity index (χ1n) is 13.7. The van der Waals surface area contributed by atoms with E-state index >= 15 is 0 Å². The van der Waals surface area contributed by atoms with E-state index in [-0.39, 0.29) is 9.79 Å². The van der Waals surface area contributed by atoms with Crippen LogP contribution in [0.3, 0.4) is 0 Å². The highest BCUT2D eigenvalue weighted by Crippen LogP contribution is 2.38. The molecule has 2 fully saturated rings. The average molecular weight is 588 g/mol. The number of fused-ring (bicyclic) bond motifs is 1. The molecule has 1 aromatic heterocycles. The van der Waals surface area contributed by atoms with E-state index < -0.39 is 20.6 Å². The number of rotatable bonds is 9. The van der Waals surface area contributed by atoms with E-state index in [0.717, 1.165) is 57.2 Å². The van der Waals surface area contributed by atoms with Crippen molar-refractivity contribution in [3.63, 3.8) is 0 Å². The maximum atomic E-state index is 14.1. The molecule has 210 valence electrons. The smallest absolute Gasteiger partial charge is 0.210 e. The number of pyridine rings is 1. The van der Waals surface area contributed by atoms with E-state index in [0.29, 0.717) is 34.5 Å². The summed E-state index contributed by atoms with van der Waals surface area (Å²) >= 11 is 2.01. The lowest BCUT2D eigenvalue weighted by Gasteiger charge is -2.41. The molecule has 2 aliphatic rings. The van der Waals surface area contributed by atoms with Crippen LogP contribution in [0.2, 0.25) is 0 Å². The minimum atomic E-state index is -3.87. The molecule has 7 nitrogen and oxygen atoms in total. The highest BCUT2D eigenvalue weighted by molar-refractivity contribution is 7.99. The van der Waals surface area contributed by atoms with Crippen molar-refractivity contribution in [1.29, 1.82) is 0 Å². The van der Waals surface area contributed by atoms with Gasteiger partial charge in [-0.05, 0) is 61.7 Å². The normalized spacial score (nSPS) is 18.4. The maximum absolute atomic E-state index is 14.1. The molecule has 1 atom stereocenters. The van der Waals surface area contributed by atoms with Crippen LogP contribution in [0.15, 0.2) is 63.3 Å². The second kappa shape index (κ2) is 12.6. The lowest BCUT2D eigenvalue weighted by Crippen LogP contribution is -2.48. The van der Waals surface area contributed by atoms with E-state index in [9.17, 15) is 12.6 Å². The van der Waals surface area contributed by atoms with E-state index in [1.165, 1.54) is 17.7 Å². The zero-order valence-corrected chi connectivity index (χ0v) is 25.1.